The van der Waals surface area contributed by atoms with Crippen LogP contribution in [-0.2, 0) is 13.6 Å². The van der Waals surface area contributed by atoms with Crippen LogP contribution in [0.15, 0.2) is 0 Å². The molecule has 0 aliphatic carbocycles. The maximum atomic E-state index is 12.0. The Labute approximate surface area is 118 Å². The molecule has 0 spiro atoms. The highest BCUT2D eigenvalue weighted by Gasteiger charge is 2.28. The van der Waals surface area contributed by atoms with Crippen LogP contribution in [0.5, 0.6) is 0 Å². The zero-order valence-corrected chi connectivity index (χ0v) is 13.8. The minimum absolute atomic E-state index is 0.181. The lowest BCUT2D eigenvalue weighted by atomic mass is 10.1. The molecule has 0 aromatic heterocycles. The minimum atomic E-state index is -3.92. The standard InChI is InChI=1S/C14H31O4P/c1-5-9-11-13(7-3)17-19(15,16)18-14(8-4)12-10-6-2/h13-14H,5-12H2,1-4H3,(H,15,16). The van der Waals surface area contributed by atoms with E-state index in [4.69, 9.17) is 9.05 Å². The Kier molecular flexibility index (Phi) is 10.9. The highest BCUT2D eigenvalue weighted by Crippen LogP contribution is 2.47. The number of phosphoric acid groups is 1. The molecule has 0 amide bonds. The van der Waals surface area contributed by atoms with Crippen LogP contribution in [-0.4, -0.2) is 17.1 Å². The van der Waals surface area contributed by atoms with Gasteiger partial charge in [-0.1, -0.05) is 53.4 Å². The molecule has 0 saturated heterocycles. The van der Waals surface area contributed by atoms with Gasteiger partial charge in [0, 0.05) is 0 Å². The van der Waals surface area contributed by atoms with Gasteiger partial charge in [-0.15, -0.1) is 0 Å². The van der Waals surface area contributed by atoms with Gasteiger partial charge in [-0.05, 0) is 25.7 Å². The number of hydrogen-bond donors (Lipinski definition) is 1. The predicted octanol–water partition coefficient (Wildman–Crippen LogP) is 5.06. The topological polar surface area (TPSA) is 55.8 Å². The molecule has 0 aromatic carbocycles. The second kappa shape index (κ2) is 10.8. The van der Waals surface area contributed by atoms with Crippen molar-refractivity contribution in [3.8, 4) is 0 Å². The van der Waals surface area contributed by atoms with E-state index >= 15 is 0 Å². The molecule has 1 N–H and O–H groups in total. The van der Waals surface area contributed by atoms with Crippen molar-refractivity contribution in [1.29, 1.82) is 0 Å². The van der Waals surface area contributed by atoms with Gasteiger partial charge < -0.3 is 4.89 Å². The fourth-order valence-corrected chi connectivity index (χ4v) is 3.24. The summed E-state index contributed by atoms with van der Waals surface area (Å²) in [5.74, 6) is 0. The highest BCUT2D eigenvalue weighted by molar-refractivity contribution is 7.47. The van der Waals surface area contributed by atoms with Crippen LogP contribution in [0.3, 0.4) is 0 Å². The Morgan fingerprint density at radius 2 is 1.26 bits per heavy atom. The summed E-state index contributed by atoms with van der Waals surface area (Å²) >= 11 is 0. The van der Waals surface area contributed by atoms with Crippen molar-refractivity contribution in [3.05, 3.63) is 0 Å². The lowest BCUT2D eigenvalue weighted by Gasteiger charge is -2.23. The number of phosphoric ester groups is 1. The number of hydrogen-bond acceptors (Lipinski definition) is 3. The Morgan fingerprint density at radius 1 is 0.895 bits per heavy atom. The molecule has 0 aromatic rings. The van der Waals surface area contributed by atoms with E-state index in [0.29, 0.717) is 0 Å². The van der Waals surface area contributed by atoms with Crippen LogP contribution in [0.25, 0.3) is 0 Å². The molecule has 116 valence electrons. The van der Waals surface area contributed by atoms with Gasteiger partial charge in [-0.3, -0.25) is 9.05 Å². The fourth-order valence-electron chi connectivity index (χ4n) is 1.93. The summed E-state index contributed by atoms with van der Waals surface area (Å²) in [5.41, 5.74) is 0. The first-order chi connectivity index (χ1) is 8.99. The van der Waals surface area contributed by atoms with E-state index < -0.39 is 7.82 Å². The lowest BCUT2D eigenvalue weighted by molar-refractivity contribution is 0.0631. The average Bonchev–Trinajstić information content (AvgIpc) is 2.39. The molecule has 2 atom stereocenters. The largest absolute Gasteiger partial charge is 0.472 e. The third-order valence-corrected chi connectivity index (χ3v) is 4.36. The molecule has 5 heteroatoms. The zero-order valence-electron chi connectivity index (χ0n) is 12.9. The second-order valence-corrected chi connectivity index (χ2v) is 6.38. The second-order valence-electron chi connectivity index (χ2n) is 5.02. The van der Waals surface area contributed by atoms with E-state index in [1.165, 1.54) is 0 Å². The number of unbranched alkanes of at least 4 members (excludes halogenated alkanes) is 2. The molecule has 0 saturated carbocycles. The van der Waals surface area contributed by atoms with Crippen LogP contribution in [0.1, 0.15) is 79.1 Å². The van der Waals surface area contributed by atoms with Gasteiger partial charge >= 0.3 is 7.82 Å². The molecule has 2 unspecified atom stereocenters. The Hall–Kier alpha value is 0.110. The SMILES string of the molecule is CCCCC(CC)OP(=O)(O)OC(CC)CCCC. The van der Waals surface area contributed by atoms with Gasteiger partial charge in [-0.25, -0.2) is 4.57 Å². The van der Waals surface area contributed by atoms with Gasteiger partial charge in [0.2, 0.25) is 0 Å². The van der Waals surface area contributed by atoms with Crippen LogP contribution in [0.2, 0.25) is 0 Å². The Balaban J connectivity index is 4.29. The number of rotatable bonds is 12. The molecular formula is C14H31O4P. The summed E-state index contributed by atoms with van der Waals surface area (Å²) in [6.45, 7) is 8.13. The van der Waals surface area contributed by atoms with Gasteiger partial charge in [0.15, 0.2) is 0 Å². The summed E-state index contributed by atoms with van der Waals surface area (Å²) < 4.78 is 22.6. The van der Waals surface area contributed by atoms with Crippen molar-refractivity contribution in [3.63, 3.8) is 0 Å². The van der Waals surface area contributed by atoms with E-state index in [9.17, 15) is 9.46 Å². The summed E-state index contributed by atoms with van der Waals surface area (Å²) in [6.07, 6.45) is 6.86. The summed E-state index contributed by atoms with van der Waals surface area (Å²) in [6, 6.07) is 0. The normalized spacial score (nSPS) is 17.9. The van der Waals surface area contributed by atoms with E-state index in [1.807, 2.05) is 13.8 Å². The summed E-state index contributed by atoms with van der Waals surface area (Å²) in [7, 11) is -3.92. The first kappa shape index (κ1) is 19.1. The molecule has 4 nitrogen and oxygen atoms in total. The molecule has 0 aliphatic rings. The van der Waals surface area contributed by atoms with E-state index in [1.54, 1.807) is 0 Å². The van der Waals surface area contributed by atoms with Gasteiger partial charge in [0.25, 0.3) is 0 Å². The van der Waals surface area contributed by atoms with Crippen molar-refractivity contribution in [1.82, 2.24) is 0 Å². The third-order valence-electron chi connectivity index (χ3n) is 3.23. The van der Waals surface area contributed by atoms with Gasteiger partial charge in [0.05, 0.1) is 12.2 Å². The smallest absolute Gasteiger partial charge is 0.302 e. The van der Waals surface area contributed by atoms with Crippen molar-refractivity contribution in [2.75, 3.05) is 0 Å². The highest BCUT2D eigenvalue weighted by atomic mass is 31.2. The average molecular weight is 294 g/mol. The van der Waals surface area contributed by atoms with Crippen LogP contribution in [0.4, 0.5) is 0 Å². The maximum absolute atomic E-state index is 12.0. The molecular weight excluding hydrogens is 263 g/mol. The van der Waals surface area contributed by atoms with Gasteiger partial charge in [-0.2, -0.15) is 0 Å². The molecule has 19 heavy (non-hydrogen) atoms. The third kappa shape index (κ3) is 9.61. The molecule has 0 fully saturated rings. The summed E-state index contributed by atoms with van der Waals surface area (Å²) in [4.78, 5) is 9.83. The quantitative estimate of drug-likeness (QED) is 0.511. The van der Waals surface area contributed by atoms with Gasteiger partial charge in [0.1, 0.15) is 0 Å². The monoisotopic (exact) mass is 294 g/mol. The Bertz CT molecular complexity index is 236. The lowest BCUT2D eigenvalue weighted by Crippen LogP contribution is -2.15. The van der Waals surface area contributed by atoms with E-state index in [0.717, 1.165) is 51.4 Å². The predicted molar refractivity (Wildman–Crippen MR) is 79.2 cm³/mol. The molecule has 0 radical (unpaired) electrons. The molecule has 0 rings (SSSR count). The van der Waals surface area contributed by atoms with E-state index in [-0.39, 0.29) is 12.2 Å². The first-order valence-electron chi connectivity index (χ1n) is 7.68. The molecule has 0 bridgehead atoms. The molecule has 0 aliphatic heterocycles. The maximum Gasteiger partial charge on any atom is 0.472 e. The molecule has 0 heterocycles. The zero-order chi connectivity index (χ0) is 14.7. The van der Waals surface area contributed by atoms with Crippen molar-refractivity contribution in [2.24, 2.45) is 0 Å². The van der Waals surface area contributed by atoms with Crippen LogP contribution in [0, 0.1) is 0 Å². The van der Waals surface area contributed by atoms with Crippen molar-refractivity contribution in [2.45, 2.75) is 91.3 Å². The minimum Gasteiger partial charge on any atom is -0.302 e. The summed E-state index contributed by atoms with van der Waals surface area (Å²) in [5, 5.41) is 0. The first-order valence-corrected chi connectivity index (χ1v) is 9.18. The van der Waals surface area contributed by atoms with Crippen molar-refractivity contribution < 1.29 is 18.5 Å². The fraction of sp³-hybridized carbons (Fsp3) is 1.00. The van der Waals surface area contributed by atoms with E-state index in [2.05, 4.69) is 13.8 Å². The van der Waals surface area contributed by atoms with Crippen LogP contribution >= 0.6 is 7.82 Å². The Morgan fingerprint density at radius 3 is 1.53 bits per heavy atom. The van der Waals surface area contributed by atoms with Crippen molar-refractivity contribution >= 4 is 7.82 Å². The van der Waals surface area contributed by atoms with Crippen LogP contribution < -0.4 is 0 Å².